The molecule has 4 rings (SSSR count). The Balaban J connectivity index is 1.29. The molecule has 0 bridgehead atoms. The predicted molar refractivity (Wildman–Crippen MR) is 100.0 cm³/mol. The van der Waals surface area contributed by atoms with Gasteiger partial charge in [-0.05, 0) is 42.3 Å². The second-order valence-electron chi connectivity index (χ2n) is 6.66. The fraction of sp³-hybridized carbons (Fsp3) is 0.368. The number of halogens is 1. The molecule has 130 valence electrons. The van der Waals surface area contributed by atoms with Crippen molar-refractivity contribution in [3.8, 4) is 0 Å². The molecule has 4 nitrogen and oxygen atoms in total. The largest absolute Gasteiger partial charge is 0.373 e. The summed E-state index contributed by atoms with van der Waals surface area (Å²) in [5.41, 5.74) is 1.81. The quantitative estimate of drug-likeness (QED) is 0.819. The number of benzene rings is 1. The molecule has 2 aromatic rings. The number of hydrogen-bond acceptors (Lipinski definition) is 4. The van der Waals surface area contributed by atoms with E-state index in [9.17, 15) is 4.79 Å². The first-order chi connectivity index (χ1) is 12.1. The third kappa shape index (κ3) is 3.68. The molecule has 0 N–H and O–H groups in total. The Labute approximate surface area is 156 Å². The summed E-state index contributed by atoms with van der Waals surface area (Å²) in [7, 11) is 0. The third-order valence-corrected chi connectivity index (χ3v) is 6.54. The molecular formula is C19H19ClN2O2S. The van der Waals surface area contributed by atoms with Crippen molar-refractivity contribution in [2.75, 3.05) is 18.8 Å². The van der Waals surface area contributed by atoms with Crippen molar-refractivity contribution in [1.82, 2.24) is 9.88 Å². The monoisotopic (exact) mass is 374 g/mol. The van der Waals surface area contributed by atoms with Crippen LogP contribution in [0.2, 0.25) is 5.02 Å². The molecule has 1 aromatic heterocycles. The summed E-state index contributed by atoms with van der Waals surface area (Å²) in [4.78, 5) is 18.5. The highest BCUT2D eigenvalue weighted by Crippen LogP contribution is 2.46. The van der Waals surface area contributed by atoms with Crippen LogP contribution in [0.15, 0.2) is 48.8 Å². The Bertz CT molecular complexity index is 765. The second kappa shape index (κ2) is 6.98. The zero-order valence-electron chi connectivity index (χ0n) is 13.7. The maximum atomic E-state index is 12.5. The SMILES string of the molecule is O=C(c1cccc(Cl)c1)N1CC2(C[C@H](OCc3ccncc3)CS2)C1. The van der Waals surface area contributed by atoms with Gasteiger partial charge >= 0.3 is 0 Å². The summed E-state index contributed by atoms with van der Waals surface area (Å²) in [5, 5.41) is 0.598. The summed E-state index contributed by atoms with van der Waals surface area (Å²) in [5.74, 6) is 1.06. The van der Waals surface area contributed by atoms with Crippen molar-refractivity contribution in [2.45, 2.75) is 23.9 Å². The van der Waals surface area contributed by atoms with Crippen LogP contribution in [0.4, 0.5) is 0 Å². The van der Waals surface area contributed by atoms with Crippen LogP contribution in [-0.2, 0) is 11.3 Å². The van der Waals surface area contributed by atoms with Gasteiger partial charge in [-0.15, -0.1) is 11.8 Å². The number of rotatable bonds is 4. The van der Waals surface area contributed by atoms with Gasteiger partial charge in [0.1, 0.15) is 0 Å². The van der Waals surface area contributed by atoms with Gasteiger partial charge < -0.3 is 9.64 Å². The molecule has 3 heterocycles. The summed E-state index contributed by atoms with van der Waals surface area (Å²) < 4.78 is 6.21. The van der Waals surface area contributed by atoms with Crippen molar-refractivity contribution in [2.24, 2.45) is 0 Å². The minimum atomic E-state index is 0.0647. The minimum Gasteiger partial charge on any atom is -0.373 e. The van der Waals surface area contributed by atoms with Crippen LogP contribution in [0.3, 0.4) is 0 Å². The average molecular weight is 375 g/mol. The summed E-state index contributed by atoms with van der Waals surface area (Å²) in [6, 6.07) is 11.1. The lowest BCUT2D eigenvalue weighted by atomic mass is 9.92. The lowest BCUT2D eigenvalue weighted by molar-refractivity contribution is 0.0255. The normalized spacial score (nSPS) is 21.3. The molecule has 2 aliphatic heterocycles. The van der Waals surface area contributed by atoms with Crippen LogP contribution in [0.5, 0.6) is 0 Å². The van der Waals surface area contributed by atoms with Crippen molar-refractivity contribution < 1.29 is 9.53 Å². The van der Waals surface area contributed by atoms with Gasteiger partial charge in [-0.3, -0.25) is 9.78 Å². The Morgan fingerprint density at radius 2 is 2.12 bits per heavy atom. The molecule has 0 radical (unpaired) electrons. The fourth-order valence-electron chi connectivity index (χ4n) is 3.42. The van der Waals surface area contributed by atoms with Crippen LogP contribution in [-0.4, -0.2) is 45.5 Å². The maximum Gasteiger partial charge on any atom is 0.254 e. The summed E-state index contributed by atoms with van der Waals surface area (Å²) >= 11 is 7.92. The van der Waals surface area contributed by atoms with Crippen LogP contribution in [0.1, 0.15) is 22.3 Å². The highest BCUT2D eigenvalue weighted by atomic mass is 35.5. The van der Waals surface area contributed by atoms with Gasteiger partial charge in [0.15, 0.2) is 0 Å². The van der Waals surface area contributed by atoms with Gasteiger partial charge in [-0.2, -0.15) is 0 Å². The van der Waals surface area contributed by atoms with Crippen molar-refractivity contribution in [3.63, 3.8) is 0 Å². The standard InChI is InChI=1S/C19H19ClN2O2S/c20-16-3-1-2-15(8-16)18(23)22-12-19(13-22)9-17(11-25-19)24-10-14-4-6-21-7-5-14/h1-8,17H,9-13H2/t17-/m0/s1. The number of carbonyl (C=O) groups excluding carboxylic acids is 1. The van der Waals surface area contributed by atoms with Crippen LogP contribution >= 0.6 is 23.4 Å². The average Bonchev–Trinajstić information content (AvgIpc) is 3.04. The van der Waals surface area contributed by atoms with Gasteiger partial charge in [-0.25, -0.2) is 0 Å². The van der Waals surface area contributed by atoms with Crippen molar-refractivity contribution >= 4 is 29.3 Å². The Hall–Kier alpha value is -1.56. The number of ether oxygens (including phenoxy) is 1. The molecule has 1 amide bonds. The van der Waals surface area contributed by atoms with E-state index in [0.717, 1.165) is 30.8 Å². The first-order valence-electron chi connectivity index (χ1n) is 8.33. The van der Waals surface area contributed by atoms with E-state index < -0.39 is 0 Å². The number of aromatic nitrogens is 1. The fourth-order valence-corrected chi connectivity index (χ4v) is 5.16. The number of carbonyl (C=O) groups is 1. The van der Waals surface area contributed by atoms with Crippen molar-refractivity contribution in [3.05, 3.63) is 64.9 Å². The molecule has 0 saturated carbocycles. The molecule has 6 heteroatoms. The molecule has 2 saturated heterocycles. The smallest absolute Gasteiger partial charge is 0.254 e. The van der Waals surface area contributed by atoms with E-state index in [1.165, 1.54) is 0 Å². The summed E-state index contributed by atoms with van der Waals surface area (Å²) in [6.07, 6.45) is 4.83. The number of thioether (sulfide) groups is 1. The first-order valence-corrected chi connectivity index (χ1v) is 9.69. The topological polar surface area (TPSA) is 42.4 Å². The molecule has 0 aliphatic carbocycles. The van der Waals surface area contributed by atoms with Gasteiger partial charge in [0.05, 0.1) is 17.5 Å². The van der Waals surface area contributed by atoms with Gasteiger partial charge in [-0.1, -0.05) is 17.7 Å². The zero-order valence-corrected chi connectivity index (χ0v) is 15.3. The molecular weight excluding hydrogens is 356 g/mol. The Kier molecular flexibility index (Phi) is 4.71. The lowest BCUT2D eigenvalue weighted by Crippen LogP contribution is -2.60. The molecule has 1 spiro atoms. The van der Waals surface area contributed by atoms with E-state index in [1.807, 2.05) is 40.9 Å². The molecule has 1 aromatic carbocycles. The van der Waals surface area contributed by atoms with Gasteiger partial charge in [0.2, 0.25) is 0 Å². The van der Waals surface area contributed by atoms with E-state index in [-0.39, 0.29) is 16.8 Å². The lowest BCUT2D eigenvalue weighted by Gasteiger charge is -2.47. The molecule has 2 fully saturated rings. The van der Waals surface area contributed by atoms with Gasteiger partial charge in [0, 0.05) is 41.8 Å². The molecule has 1 atom stereocenters. The zero-order chi connectivity index (χ0) is 17.3. The van der Waals surface area contributed by atoms with E-state index >= 15 is 0 Å². The van der Waals surface area contributed by atoms with Crippen LogP contribution in [0, 0.1) is 0 Å². The number of pyridine rings is 1. The van der Waals surface area contributed by atoms with E-state index in [2.05, 4.69) is 4.98 Å². The molecule has 2 aliphatic rings. The third-order valence-electron chi connectivity index (χ3n) is 4.73. The minimum absolute atomic E-state index is 0.0647. The highest BCUT2D eigenvalue weighted by Gasteiger charge is 2.50. The van der Waals surface area contributed by atoms with E-state index in [4.69, 9.17) is 16.3 Å². The Morgan fingerprint density at radius 1 is 1.32 bits per heavy atom. The first kappa shape index (κ1) is 16.9. The van der Waals surface area contributed by atoms with Gasteiger partial charge in [0.25, 0.3) is 5.91 Å². The van der Waals surface area contributed by atoms with Crippen LogP contribution < -0.4 is 0 Å². The second-order valence-corrected chi connectivity index (χ2v) is 8.58. The maximum absolute atomic E-state index is 12.5. The number of likely N-dealkylation sites (tertiary alicyclic amines) is 1. The molecule has 25 heavy (non-hydrogen) atoms. The molecule has 0 unspecified atom stereocenters. The summed E-state index contributed by atoms with van der Waals surface area (Å²) in [6.45, 7) is 2.20. The predicted octanol–water partition coefficient (Wildman–Crippen LogP) is 3.65. The Morgan fingerprint density at radius 3 is 2.88 bits per heavy atom. The number of hydrogen-bond donors (Lipinski definition) is 0. The van der Waals surface area contributed by atoms with E-state index in [0.29, 0.717) is 17.2 Å². The number of nitrogens with zero attached hydrogens (tertiary/aromatic N) is 2. The number of amides is 1. The highest BCUT2D eigenvalue weighted by molar-refractivity contribution is 8.01. The van der Waals surface area contributed by atoms with Crippen LogP contribution in [0.25, 0.3) is 0 Å². The van der Waals surface area contributed by atoms with E-state index in [1.54, 1.807) is 24.5 Å². The van der Waals surface area contributed by atoms with Crippen molar-refractivity contribution in [1.29, 1.82) is 0 Å².